The van der Waals surface area contributed by atoms with E-state index in [0.29, 0.717) is 27.8 Å². The summed E-state index contributed by atoms with van der Waals surface area (Å²) in [4.78, 5) is 16.6. The second-order valence-corrected chi connectivity index (χ2v) is 6.86. The van der Waals surface area contributed by atoms with Gasteiger partial charge in [0.2, 0.25) is 0 Å². The highest BCUT2D eigenvalue weighted by Crippen LogP contribution is 2.32. The fourth-order valence-corrected chi connectivity index (χ4v) is 3.49. The van der Waals surface area contributed by atoms with Crippen molar-refractivity contribution in [2.45, 2.75) is 13.5 Å². The van der Waals surface area contributed by atoms with E-state index in [1.165, 1.54) is 23.1 Å². The van der Waals surface area contributed by atoms with Gasteiger partial charge in [0.15, 0.2) is 5.58 Å². The summed E-state index contributed by atoms with van der Waals surface area (Å²) in [7, 11) is 0. The number of nitrogens with zero attached hydrogens (tertiary/aromatic N) is 2. The van der Waals surface area contributed by atoms with Crippen LogP contribution in [0.15, 0.2) is 59.3 Å². The Kier molecular flexibility index (Phi) is 4.84. The van der Waals surface area contributed by atoms with Crippen LogP contribution in [0.1, 0.15) is 22.2 Å². The van der Waals surface area contributed by atoms with Crippen molar-refractivity contribution in [2.75, 3.05) is 11.9 Å². The Morgan fingerprint density at radius 1 is 1.22 bits per heavy atom. The number of ether oxygens (including phenoxy) is 1. The van der Waals surface area contributed by atoms with E-state index in [-0.39, 0.29) is 5.97 Å². The second kappa shape index (κ2) is 7.59. The molecule has 6 nitrogen and oxygen atoms in total. The molecule has 0 saturated heterocycles. The van der Waals surface area contributed by atoms with Gasteiger partial charge in [-0.2, -0.15) is 0 Å². The number of carbonyl (C=O) groups excluding carboxylic acids is 1. The maximum atomic E-state index is 11.8. The first-order chi connectivity index (χ1) is 13.2. The van der Waals surface area contributed by atoms with Crippen molar-refractivity contribution in [3.05, 3.63) is 65.2 Å². The van der Waals surface area contributed by atoms with E-state index in [0.717, 1.165) is 17.6 Å². The Hall–Kier alpha value is -3.19. The molecule has 4 rings (SSSR count). The number of hydrogen-bond donors (Lipinski definition) is 1. The predicted octanol–water partition coefficient (Wildman–Crippen LogP) is 4.74. The largest absolute Gasteiger partial charge is 0.462 e. The van der Waals surface area contributed by atoms with E-state index in [9.17, 15) is 4.79 Å². The molecular weight excluding hydrogens is 362 g/mol. The monoisotopic (exact) mass is 379 g/mol. The Morgan fingerprint density at radius 3 is 2.89 bits per heavy atom. The lowest BCUT2D eigenvalue weighted by molar-refractivity contribution is 0.0532. The summed E-state index contributed by atoms with van der Waals surface area (Å²) in [5, 5.41) is 8.99. The quantitative estimate of drug-likeness (QED) is 0.488. The Labute approximate surface area is 159 Å². The molecular formula is C20H17N3O3S. The molecule has 0 fully saturated rings. The summed E-state index contributed by atoms with van der Waals surface area (Å²) >= 11 is 1.24. The Bertz CT molecular complexity index is 1070. The third-order valence-corrected chi connectivity index (χ3v) is 4.98. The van der Waals surface area contributed by atoms with E-state index in [4.69, 9.17) is 9.26 Å². The molecule has 0 amide bonds. The summed E-state index contributed by atoms with van der Waals surface area (Å²) in [6.45, 7) is 2.83. The van der Waals surface area contributed by atoms with Crippen molar-refractivity contribution in [3.63, 3.8) is 0 Å². The first kappa shape index (κ1) is 17.2. The molecule has 2 aromatic heterocycles. The lowest BCUT2D eigenvalue weighted by Crippen LogP contribution is -2.01. The van der Waals surface area contributed by atoms with Crippen molar-refractivity contribution in [3.8, 4) is 10.7 Å². The molecule has 2 heterocycles. The third-order valence-electron chi connectivity index (χ3n) is 4.00. The van der Waals surface area contributed by atoms with Gasteiger partial charge >= 0.3 is 5.97 Å². The van der Waals surface area contributed by atoms with Crippen LogP contribution in [-0.2, 0) is 11.3 Å². The van der Waals surface area contributed by atoms with Crippen LogP contribution in [-0.4, -0.2) is 22.7 Å². The molecule has 0 spiro atoms. The molecule has 27 heavy (non-hydrogen) atoms. The molecule has 0 aliphatic heterocycles. The summed E-state index contributed by atoms with van der Waals surface area (Å²) < 4.78 is 10.5. The standard InChI is InChI=1S/C20H17N3O3S/c1-2-25-20(24)17-12-22-19(27-17)18-15-9-8-14(10-16(15)26-23-18)21-11-13-6-4-3-5-7-13/h3-10,12,21H,2,11H2,1H3. The Balaban J connectivity index is 1.55. The molecule has 7 heteroatoms. The van der Waals surface area contributed by atoms with E-state index in [2.05, 4.69) is 27.6 Å². The maximum Gasteiger partial charge on any atom is 0.349 e. The summed E-state index contributed by atoms with van der Waals surface area (Å²) in [5.74, 6) is -0.374. The molecule has 0 aliphatic carbocycles. The van der Waals surface area contributed by atoms with Crippen molar-refractivity contribution < 1.29 is 14.1 Å². The van der Waals surface area contributed by atoms with Gasteiger partial charge in [-0.1, -0.05) is 35.5 Å². The second-order valence-electron chi connectivity index (χ2n) is 5.83. The molecule has 136 valence electrons. The van der Waals surface area contributed by atoms with Gasteiger partial charge in [-0.05, 0) is 24.6 Å². The molecule has 0 saturated carbocycles. The van der Waals surface area contributed by atoms with Gasteiger partial charge in [0.1, 0.15) is 15.6 Å². The van der Waals surface area contributed by atoms with Gasteiger partial charge in [0.25, 0.3) is 0 Å². The van der Waals surface area contributed by atoms with Crippen LogP contribution in [0.4, 0.5) is 5.69 Å². The molecule has 2 aromatic carbocycles. The highest BCUT2D eigenvalue weighted by Gasteiger charge is 2.17. The number of nitrogens with one attached hydrogen (secondary N) is 1. The number of esters is 1. The zero-order valence-electron chi connectivity index (χ0n) is 14.6. The summed E-state index contributed by atoms with van der Waals surface area (Å²) in [6, 6.07) is 16.0. The average molecular weight is 379 g/mol. The highest BCUT2D eigenvalue weighted by molar-refractivity contribution is 7.16. The smallest absolute Gasteiger partial charge is 0.349 e. The van der Waals surface area contributed by atoms with Gasteiger partial charge in [-0.3, -0.25) is 0 Å². The molecule has 0 unspecified atom stereocenters. The van der Waals surface area contributed by atoms with E-state index in [1.54, 1.807) is 6.92 Å². The van der Waals surface area contributed by atoms with Gasteiger partial charge in [0, 0.05) is 18.3 Å². The van der Waals surface area contributed by atoms with Crippen LogP contribution in [0.25, 0.3) is 21.7 Å². The van der Waals surface area contributed by atoms with Crippen LogP contribution in [0, 0.1) is 0 Å². The molecule has 0 atom stereocenters. The predicted molar refractivity (Wildman–Crippen MR) is 105 cm³/mol. The maximum absolute atomic E-state index is 11.8. The summed E-state index contributed by atoms with van der Waals surface area (Å²) in [6.07, 6.45) is 1.51. The lowest BCUT2D eigenvalue weighted by atomic mass is 10.2. The zero-order valence-corrected chi connectivity index (χ0v) is 15.5. The molecule has 0 aliphatic rings. The lowest BCUT2D eigenvalue weighted by Gasteiger charge is -2.06. The van der Waals surface area contributed by atoms with Crippen molar-refractivity contribution in [1.82, 2.24) is 10.1 Å². The van der Waals surface area contributed by atoms with Crippen molar-refractivity contribution in [1.29, 1.82) is 0 Å². The van der Waals surface area contributed by atoms with Gasteiger partial charge < -0.3 is 14.6 Å². The van der Waals surface area contributed by atoms with E-state index in [1.807, 2.05) is 36.4 Å². The number of rotatable bonds is 6. The van der Waals surface area contributed by atoms with Crippen LogP contribution in [0.2, 0.25) is 0 Å². The number of carbonyl (C=O) groups is 1. The van der Waals surface area contributed by atoms with E-state index < -0.39 is 0 Å². The van der Waals surface area contributed by atoms with Gasteiger partial charge in [-0.15, -0.1) is 11.3 Å². The normalized spacial score (nSPS) is 10.9. The first-order valence-corrected chi connectivity index (χ1v) is 9.37. The van der Waals surface area contributed by atoms with Crippen molar-refractivity contribution in [2.24, 2.45) is 0 Å². The first-order valence-electron chi connectivity index (χ1n) is 8.55. The van der Waals surface area contributed by atoms with Crippen LogP contribution in [0.5, 0.6) is 0 Å². The van der Waals surface area contributed by atoms with Gasteiger partial charge in [0.05, 0.1) is 18.2 Å². The summed E-state index contributed by atoms with van der Waals surface area (Å²) in [5.41, 5.74) is 3.43. The minimum atomic E-state index is -0.374. The molecule has 0 bridgehead atoms. The minimum Gasteiger partial charge on any atom is -0.462 e. The number of fused-ring (bicyclic) bond motifs is 1. The third kappa shape index (κ3) is 3.68. The molecule has 0 radical (unpaired) electrons. The fraction of sp³-hybridized carbons (Fsp3) is 0.150. The molecule has 1 N–H and O–H groups in total. The van der Waals surface area contributed by atoms with Gasteiger partial charge in [-0.25, -0.2) is 9.78 Å². The topological polar surface area (TPSA) is 77.2 Å². The fourth-order valence-electron chi connectivity index (χ4n) is 2.68. The van der Waals surface area contributed by atoms with Crippen LogP contribution < -0.4 is 5.32 Å². The number of anilines is 1. The minimum absolute atomic E-state index is 0.331. The molecule has 4 aromatic rings. The highest BCUT2D eigenvalue weighted by atomic mass is 32.1. The van der Waals surface area contributed by atoms with E-state index >= 15 is 0 Å². The zero-order chi connectivity index (χ0) is 18.6. The van der Waals surface area contributed by atoms with Crippen molar-refractivity contribution >= 4 is 34.0 Å². The van der Waals surface area contributed by atoms with Crippen LogP contribution >= 0.6 is 11.3 Å². The number of aromatic nitrogens is 2. The average Bonchev–Trinajstić information content (AvgIpc) is 3.34. The van der Waals surface area contributed by atoms with Crippen LogP contribution in [0.3, 0.4) is 0 Å². The SMILES string of the molecule is CCOC(=O)c1cnc(-c2noc3cc(NCc4ccccc4)ccc23)s1. The number of hydrogen-bond acceptors (Lipinski definition) is 7. The Morgan fingerprint density at radius 2 is 2.07 bits per heavy atom. The number of thiazole rings is 1. The number of benzene rings is 2.